The van der Waals surface area contributed by atoms with Crippen LogP contribution >= 0.6 is 0 Å². The summed E-state index contributed by atoms with van der Waals surface area (Å²) in [6, 6.07) is 0. The molecule has 1 saturated carbocycles. The zero-order chi connectivity index (χ0) is 14.8. The minimum Gasteiger partial charge on any atom is -0.465 e. The Morgan fingerprint density at radius 2 is 2.20 bits per heavy atom. The van der Waals surface area contributed by atoms with Gasteiger partial charge in [0.1, 0.15) is 0 Å². The first-order valence-corrected chi connectivity index (χ1v) is 7.65. The van der Waals surface area contributed by atoms with Gasteiger partial charge in [0.05, 0.1) is 13.2 Å². The second-order valence-corrected chi connectivity index (χ2v) is 5.74. The van der Waals surface area contributed by atoms with Gasteiger partial charge in [0.2, 0.25) is 0 Å². The van der Waals surface area contributed by atoms with E-state index in [2.05, 4.69) is 13.0 Å². The molecule has 2 fully saturated rings. The van der Waals surface area contributed by atoms with Crippen molar-refractivity contribution in [2.24, 2.45) is 17.3 Å². The minimum absolute atomic E-state index is 0.00979. The van der Waals surface area contributed by atoms with Crippen LogP contribution in [0.2, 0.25) is 0 Å². The summed E-state index contributed by atoms with van der Waals surface area (Å²) in [7, 11) is 0. The van der Waals surface area contributed by atoms with Gasteiger partial charge in [0.15, 0.2) is 5.41 Å². The van der Waals surface area contributed by atoms with Crippen LogP contribution in [0.3, 0.4) is 0 Å². The number of unbranched alkanes of at least 4 members (excludes halogenated alkanes) is 3. The number of hydrogen-bond donors (Lipinski definition) is 0. The Bertz CT molecular complexity index is 426. The lowest BCUT2D eigenvalue weighted by atomic mass is 9.94. The quantitative estimate of drug-likeness (QED) is 0.325. The van der Waals surface area contributed by atoms with Crippen molar-refractivity contribution in [2.45, 2.75) is 46.5 Å². The highest BCUT2D eigenvalue weighted by molar-refractivity contribution is 6.10. The van der Waals surface area contributed by atoms with E-state index in [4.69, 9.17) is 9.47 Å². The molecule has 0 bridgehead atoms. The standard InChI is InChI=1S/C16H24O4/c1-4-6-7-8-9-12-13-11(3)10-20-15(18)16(12,13)14(17)19-5-2/h9,11,13H,4-8,10H2,1-3H3/b12-9+/t11?,13-,16+/m0/s1. The van der Waals surface area contributed by atoms with E-state index >= 15 is 0 Å². The Morgan fingerprint density at radius 1 is 1.45 bits per heavy atom. The monoisotopic (exact) mass is 280 g/mol. The number of hydrogen-bond acceptors (Lipinski definition) is 4. The van der Waals surface area contributed by atoms with Gasteiger partial charge in [-0.3, -0.25) is 9.59 Å². The number of esters is 2. The van der Waals surface area contributed by atoms with Crippen LogP contribution in [0.5, 0.6) is 0 Å². The topological polar surface area (TPSA) is 52.6 Å². The fourth-order valence-electron chi connectivity index (χ4n) is 3.28. The molecule has 0 aromatic rings. The molecular formula is C16H24O4. The number of rotatable bonds is 6. The Morgan fingerprint density at radius 3 is 2.85 bits per heavy atom. The predicted molar refractivity (Wildman–Crippen MR) is 74.9 cm³/mol. The van der Waals surface area contributed by atoms with Crippen LogP contribution in [0, 0.1) is 17.3 Å². The van der Waals surface area contributed by atoms with Gasteiger partial charge in [-0.1, -0.05) is 32.8 Å². The normalized spacial score (nSPS) is 33.5. The summed E-state index contributed by atoms with van der Waals surface area (Å²) in [5.41, 5.74) is -0.179. The molecule has 1 saturated heterocycles. The molecule has 0 spiro atoms. The van der Waals surface area contributed by atoms with Gasteiger partial charge in [-0.05, 0) is 31.3 Å². The highest BCUT2D eigenvalue weighted by Crippen LogP contribution is 2.65. The molecule has 0 N–H and O–H groups in total. The van der Waals surface area contributed by atoms with Gasteiger partial charge in [-0.25, -0.2) is 0 Å². The number of allylic oxidation sites excluding steroid dienone is 1. The van der Waals surface area contributed by atoms with E-state index < -0.39 is 17.4 Å². The minimum atomic E-state index is -1.11. The third-order valence-electron chi connectivity index (χ3n) is 4.31. The van der Waals surface area contributed by atoms with Crippen molar-refractivity contribution in [3.8, 4) is 0 Å². The molecule has 1 aliphatic carbocycles. The molecule has 1 aliphatic heterocycles. The lowest BCUT2D eigenvalue weighted by Crippen LogP contribution is -2.38. The lowest BCUT2D eigenvalue weighted by Gasteiger charge is -2.22. The van der Waals surface area contributed by atoms with E-state index in [0.717, 1.165) is 24.8 Å². The van der Waals surface area contributed by atoms with E-state index in [1.807, 2.05) is 6.92 Å². The summed E-state index contributed by atoms with van der Waals surface area (Å²) in [4.78, 5) is 24.4. The van der Waals surface area contributed by atoms with Crippen molar-refractivity contribution >= 4 is 11.9 Å². The highest BCUT2D eigenvalue weighted by Gasteiger charge is 2.75. The number of fused-ring (bicyclic) bond motifs is 1. The Kier molecular flexibility index (Phi) is 4.51. The van der Waals surface area contributed by atoms with Gasteiger partial charge in [0.25, 0.3) is 0 Å². The van der Waals surface area contributed by atoms with Crippen LogP contribution in [0.25, 0.3) is 0 Å². The van der Waals surface area contributed by atoms with Crippen molar-refractivity contribution in [2.75, 3.05) is 13.2 Å². The molecule has 1 unspecified atom stereocenters. The molecule has 2 aliphatic rings. The Balaban J connectivity index is 2.19. The van der Waals surface area contributed by atoms with Crippen molar-refractivity contribution in [3.63, 3.8) is 0 Å². The second-order valence-electron chi connectivity index (χ2n) is 5.74. The molecule has 20 heavy (non-hydrogen) atoms. The predicted octanol–water partition coefficient (Wildman–Crippen LogP) is 2.87. The summed E-state index contributed by atoms with van der Waals surface area (Å²) in [6.45, 7) is 6.63. The average Bonchev–Trinajstić information content (AvgIpc) is 3.11. The summed E-state index contributed by atoms with van der Waals surface area (Å²) >= 11 is 0. The molecule has 0 aromatic heterocycles. The van der Waals surface area contributed by atoms with E-state index in [1.54, 1.807) is 6.92 Å². The third kappa shape index (κ3) is 2.25. The lowest BCUT2D eigenvalue weighted by molar-refractivity contribution is -0.170. The van der Waals surface area contributed by atoms with Gasteiger partial charge in [0, 0.05) is 5.92 Å². The van der Waals surface area contributed by atoms with E-state index in [0.29, 0.717) is 6.61 Å². The maximum atomic E-state index is 12.3. The molecule has 2 rings (SSSR count). The van der Waals surface area contributed by atoms with Crippen molar-refractivity contribution in [3.05, 3.63) is 11.6 Å². The van der Waals surface area contributed by atoms with Gasteiger partial charge >= 0.3 is 11.9 Å². The van der Waals surface area contributed by atoms with E-state index in [9.17, 15) is 9.59 Å². The molecule has 4 heteroatoms. The van der Waals surface area contributed by atoms with E-state index in [1.165, 1.54) is 6.42 Å². The van der Waals surface area contributed by atoms with Gasteiger partial charge < -0.3 is 9.47 Å². The second kappa shape index (κ2) is 5.98. The van der Waals surface area contributed by atoms with Crippen molar-refractivity contribution in [1.82, 2.24) is 0 Å². The average molecular weight is 280 g/mol. The molecule has 112 valence electrons. The Hall–Kier alpha value is -1.32. The number of carbonyl (C=O) groups excluding carboxylic acids is 2. The molecule has 3 atom stereocenters. The van der Waals surface area contributed by atoms with Gasteiger partial charge in [-0.2, -0.15) is 0 Å². The largest absolute Gasteiger partial charge is 0.465 e. The molecule has 0 aromatic carbocycles. The SMILES string of the molecule is CCCCC/C=C1\[C@@H]2C(C)COC(=O)[C@]12C(=O)OCC. The first kappa shape index (κ1) is 15.1. The third-order valence-corrected chi connectivity index (χ3v) is 4.31. The van der Waals surface area contributed by atoms with Crippen LogP contribution in [-0.2, 0) is 19.1 Å². The first-order chi connectivity index (χ1) is 9.60. The number of carbonyl (C=O) groups is 2. The fraction of sp³-hybridized carbons (Fsp3) is 0.750. The summed E-state index contributed by atoms with van der Waals surface area (Å²) < 4.78 is 10.3. The van der Waals surface area contributed by atoms with Crippen LogP contribution in [0.4, 0.5) is 0 Å². The highest BCUT2D eigenvalue weighted by atomic mass is 16.6. The van der Waals surface area contributed by atoms with Crippen LogP contribution in [0.1, 0.15) is 46.5 Å². The summed E-state index contributed by atoms with van der Waals surface area (Å²) in [5.74, 6) is -0.664. The van der Waals surface area contributed by atoms with Crippen molar-refractivity contribution in [1.29, 1.82) is 0 Å². The van der Waals surface area contributed by atoms with Crippen LogP contribution < -0.4 is 0 Å². The summed E-state index contributed by atoms with van der Waals surface area (Å²) in [6.07, 6.45) is 6.41. The first-order valence-electron chi connectivity index (χ1n) is 7.65. The number of cyclic esters (lactones) is 1. The zero-order valence-corrected chi connectivity index (χ0v) is 12.6. The maximum Gasteiger partial charge on any atom is 0.328 e. The summed E-state index contributed by atoms with van der Waals surface area (Å²) in [5, 5.41) is 0. The zero-order valence-electron chi connectivity index (χ0n) is 12.6. The smallest absolute Gasteiger partial charge is 0.328 e. The Labute approximate surface area is 120 Å². The maximum absolute atomic E-state index is 12.3. The number of ether oxygens (including phenoxy) is 2. The molecule has 0 amide bonds. The molecule has 0 radical (unpaired) electrons. The van der Waals surface area contributed by atoms with Crippen LogP contribution in [-0.4, -0.2) is 25.2 Å². The fourth-order valence-corrected chi connectivity index (χ4v) is 3.28. The molecule has 4 nitrogen and oxygen atoms in total. The van der Waals surface area contributed by atoms with Gasteiger partial charge in [-0.15, -0.1) is 0 Å². The molecule has 1 heterocycles. The molecular weight excluding hydrogens is 256 g/mol. The van der Waals surface area contributed by atoms with E-state index in [-0.39, 0.29) is 18.4 Å². The van der Waals surface area contributed by atoms with Crippen molar-refractivity contribution < 1.29 is 19.1 Å². The van der Waals surface area contributed by atoms with Crippen LogP contribution in [0.15, 0.2) is 11.6 Å².